The number of carbonyl (C=O) groups excluding carboxylic acids is 1. The molecule has 3 aromatic heterocycles. The van der Waals surface area contributed by atoms with Gasteiger partial charge in [0.1, 0.15) is 11.3 Å². The third-order valence-electron chi connectivity index (χ3n) is 5.64. The standard InChI is InChI=1S/C23H24N6O/c1-2-29-15-20(18-9-11-24-22-19(18)10-12-25-22)21(27-29)16-5-7-17(8-6-16)26-23(30)28-13-3-4-14-28/h5-12,15H,2-4,13-14H2,1H3,(H,24,25)(H,26,30). The van der Waals surface area contributed by atoms with Crippen LogP contribution in [0.3, 0.4) is 0 Å². The summed E-state index contributed by atoms with van der Waals surface area (Å²) in [4.78, 5) is 21.8. The zero-order chi connectivity index (χ0) is 20.5. The van der Waals surface area contributed by atoms with Crippen LogP contribution in [0.5, 0.6) is 0 Å². The van der Waals surface area contributed by atoms with E-state index in [4.69, 9.17) is 5.10 Å². The number of urea groups is 1. The Morgan fingerprint density at radius 1 is 1.10 bits per heavy atom. The Balaban J connectivity index is 1.48. The number of carbonyl (C=O) groups is 1. The highest BCUT2D eigenvalue weighted by Gasteiger charge is 2.19. The van der Waals surface area contributed by atoms with Crippen molar-refractivity contribution < 1.29 is 4.79 Å². The molecular formula is C23H24N6O. The molecule has 7 heteroatoms. The number of H-pyrrole nitrogens is 1. The molecule has 1 aliphatic rings. The summed E-state index contributed by atoms with van der Waals surface area (Å²) >= 11 is 0. The van der Waals surface area contributed by atoms with Gasteiger partial charge in [0.15, 0.2) is 0 Å². The lowest BCUT2D eigenvalue weighted by Gasteiger charge is -2.16. The minimum atomic E-state index is -0.0252. The van der Waals surface area contributed by atoms with Crippen LogP contribution in [0.1, 0.15) is 19.8 Å². The first-order valence-electron chi connectivity index (χ1n) is 10.4. The first kappa shape index (κ1) is 18.4. The van der Waals surface area contributed by atoms with Gasteiger partial charge in [0, 0.05) is 60.4 Å². The van der Waals surface area contributed by atoms with Crippen LogP contribution >= 0.6 is 0 Å². The van der Waals surface area contributed by atoms with Crippen LogP contribution in [0.25, 0.3) is 33.4 Å². The summed E-state index contributed by atoms with van der Waals surface area (Å²) in [6, 6.07) is 12.0. The first-order chi connectivity index (χ1) is 14.7. The minimum Gasteiger partial charge on any atom is -0.346 e. The Hall–Kier alpha value is -3.61. The highest BCUT2D eigenvalue weighted by Crippen LogP contribution is 2.35. The van der Waals surface area contributed by atoms with Crippen molar-refractivity contribution >= 4 is 22.8 Å². The second kappa shape index (κ2) is 7.67. The zero-order valence-corrected chi connectivity index (χ0v) is 16.9. The normalized spacial score (nSPS) is 13.8. The largest absolute Gasteiger partial charge is 0.346 e. The molecular weight excluding hydrogens is 376 g/mol. The molecule has 7 nitrogen and oxygen atoms in total. The third kappa shape index (κ3) is 3.32. The van der Waals surface area contributed by atoms with Crippen molar-refractivity contribution in [2.24, 2.45) is 0 Å². The second-order valence-corrected chi connectivity index (χ2v) is 7.55. The van der Waals surface area contributed by atoms with Gasteiger partial charge in [-0.3, -0.25) is 4.68 Å². The molecule has 2 N–H and O–H groups in total. The van der Waals surface area contributed by atoms with E-state index in [0.29, 0.717) is 0 Å². The average Bonchev–Trinajstić information content (AvgIpc) is 3.54. The number of aromatic amines is 1. The minimum absolute atomic E-state index is 0.0252. The summed E-state index contributed by atoms with van der Waals surface area (Å²) in [6.45, 7) is 4.54. The van der Waals surface area contributed by atoms with E-state index in [1.54, 1.807) is 0 Å². The van der Waals surface area contributed by atoms with E-state index >= 15 is 0 Å². The van der Waals surface area contributed by atoms with Gasteiger partial charge in [-0.15, -0.1) is 0 Å². The van der Waals surface area contributed by atoms with Crippen molar-refractivity contribution in [3.63, 3.8) is 0 Å². The van der Waals surface area contributed by atoms with E-state index in [-0.39, 0.29) is 6.03 Å². The molecule has 1 saturated heterocycles. The van der Waals surface area contributed by atoms with Gasteiger partial charge in [-0.1, -0.05) is 12.1 Å². The van der Waals surface area contributed by atoms with Crippen LogP contribution in [0.2, 0.25) is 0 Å². The Bertz CT molecular complexity index is 1180. The fourth-order valence-electron chi connectivity index (χ4n) is 4.02. The van der Waals surface area contributed by atoms with E-state index in [1.807, 2.05) is 58.4 Å². The maximum Gasteiger partial charge on any atom is 0.321 e. The molecule has 1 aliphatic heterocycles. The van der Waals surface area contributed by atoms with E-state index < -0.39 is 0 Å². The van der Waals surface area contributed by atoms with Crippen molar-refractivity contribution in [3.05, 3.63) is 55.0 Å². The number of likely N-dealkylation sites (tertiary alicyclic amines) is 1. The number of benzene rings is 1. The van der Waals surface area contributed by atoms with E-state index in [1.165, 1.54) is 0 Å². The number of hydrogen-bond acceptors (Lipinski definition) is 3. The highest BCUT2D eigenvalue weighted by molar-refractivity contribution is 5.97. The number of rotatable bonds is 4. The van der Waals surface area contributed by atoms with Crippen LogP contribution in [0.15, 0.2) is 55.0 Å². The van der Waals surface area contributed by atoms with Crippen molar-refractivity contribution in [1.82, 2.24) is 24.6 Å². The van der Waals surface area contributed by atoms with Gasteiger partial charge in [0.05, 0.1) is 0 Å². The predicted molar refractivity (Wildman–Crippen MR) is 118 cm³/mol. The maximum atomic E-state index is 12.3. The van der Waals surface area contributed by atoms with Crippen molar-refractivity contribution in [3.8, 4) is 22.4 Å². The number of nitrogens with one attached hydrogen (secondary N) is 2. The molecule has 0 unspecified atom stereocenters. The number of amides is 2. The fourth-order valence-corrected chi connectivity index (χ4v) is 4.02. The van der Waals surface area contributed by atoms with Crippen LogP contribution in [0.4, 0.5) is 10.5 Å². The molecule has 0 spiro atoms. The third-order valence-corrected chi connectivity index (χ3v) is 5.64. The summed E-state index contributed by atoms with van der Waals surface area (Å²) in [6.07, 6.45) is 7.97. The van der Waals surface area contributed by atoms with Gasteiger partial charge in [0.2, 0.25) is 0 Å². The molecule has 0 bridgehead atoms. The monoisotopic (exact) mass is 400 g/mol. The number of hydrogen-bond donors (Lipinski definition) is 2. The lowest BCUT2D eigenvalue weighted by Crippen LogP contribution is -2.32. The number of aromatic nitrogens is 4. The summed E-state index contributed by atoms with van der Waals surface area (Å²) in [7, 11) is 0. The Morgan fingerprint density at radius 3 is 2.67 bits per heavy atom. The molecule has 0 saturated carbocycles. The smallest absolute Gasteiger partial charge is 0.321 e. The molecule has 1 aromatic carbocycles. The molecule has 4 aromatic rings. The Labute approximate surface area is 174 Å². The van der Waals surface area contributed by atoms with Gasteiger partial charge in [-0.2, -0.15) is 5.10 Å². The van der Waals surface area contributed by atoms with Gasteiger partial charge in [-0.05, 0) is 49.6 Å². The Kier molecular flexibility index (Phi) is 4.71. The Morgan fingerprint density at radius 2 is 1.90 bits per heavy atom. The van der Waals surface area contributed by atoms with Crippen LogP contribution < -0.4 is 5.32 Å². The highest BCUT2D eigenvalue weighted by atomic mass is 16.2. The molecule has 5 rings (SSSR count). The van der Waals surface area contributed by atoms with Crippen molar-refractivity contribution in [2.75, 3.05) is 18.4 Å². The molecule has 0 aliphatic carbocycles. The molecule has 2 amide bonds. The lowest BCUT2D eigenvalue weighted by molar-refractivity contribution is 0.222. The van der Waals surface area contributed by atoms with E-state index in [2.05, 4.69) is 28.4 Å². The quantitative estimate of drug-likeness (QED) is 0.519. The topological polar surface area (TPSA) is 78.8 Å². The summed E-state index contributed by atoms with van der Waals surface area (Å²) in [5.41, 5.74) is 5.76. The van der Waals surface area contributed by atoms with E-state index in [0.717, 1.165) is 71.6 Å². The molecule has 4 heterocycles. The summed E-state index contributed by atoms with van der Waals surface area (Å²) < 4.78 is 1.95. The predicted octanol–water partition coefficient (Wildman–Crippen LogP) is 4.74. The summed E-state index contributed by atoms with van der Waals surface area (Å²) in [5.74, 6) is 0. The number of anilines is 1. The van der Waals surface area contributed by atoms with Crippen LogP contribution in [0, 0.1) is 0 Å². The summed E-state index contributed by atoms with van der Waals surface area (Å²) in [5, 5.41) is 8.88. The van der Waals surface area contributed by atoms with Crippen LogP contribution in [-0.4, -0.2) is 43.8 Å². The first-order valence-corrected chi connectivity index (χ1v) is 10.4. The van der Waals surface area contributed by atoms with Gasteiger partial charge in [-0.25, -0.2) is 9.78 Å². The molecule has 30 heavy (non-hydrogen) atoms. The fraction of sp³-hybridized carbons (Fsp3) is 0.261. The average molecular weight is 400 g/mol. The van der Waals surface area contributed by atoms with Gasteiger partial charge < -0.3 is 15.2 Å². The lowest BCUT2D eigenvalue weighted by atomic mass is 10.0. The second-order valence-electron chi connectivity index (χ2n) is 7.55. The molecule has 152 valence electrons. The van der Waals surface area contributed by atoms with Crippen LogP contribution in [-0.2, 0) is 6.54 Å². The SMILES string of the molecule is CCn1cc(-c2ccnc3[nH]ccc23)c(-c2ccc(NC(=O)N3CCCC3)cc2)n1. The number of fused-ring (bicyclic) bond motifs is 1. The number of nitrogens with zero attached hydrogens (tertiary/aromatic N) is 4. The van der Waals surface area contributed by atoms with E-state index in [9.17, 15) is 4.79 Å². The van der Waals surface area contributed by atoms with Crippen molar-refractivity contribution in [2.45, 2.75) is 26.3 Å². The number of aryl methyl sites for hydroxylation is 1. The zero-order valence-electron chi connectivity index (χ0n) is 16.9. The molecule has 1 fully saturated rings. The number of pyridine rings is 1. The molecule has 0 atom stereocenters. The van der Waals surface area contributed by atoms with Crippen molar-refractivity contribution in [1.29, 1.82) is 0 Å². The van der Waals surface area contributed by atoms with Gasteiger partial charge in [0.25, 0.3) is 0 Å². The molecule has 0 radical (unpaired) electrons. The van der Waals surface area contributed by atoms with Gasteiger partial charge >= 0.3 is 6.03 Å². The maximum absolute atomic E-state index is 12.3.